The second kappa shape index (κ2) is 7.86. The Morgan fingerprint density at radius 1 is 1.24 bits per heavy atom. The smallest absolute Gasteiger partial charge is 0.291 e. The number of aryl methyl sites for hydroxylation is 2. The third kappa shape index (κ3) is 3.89. The van der Waals surface area contributed by atoms with Gasteiger partial charge in [-0.15, -0.1) is 5.10 Å². The lowest BCUT2D eigenvalue weighted by molar-refractivity contribution is -0.120. The molecule has 2 aromatic heterocycles. The molecule has 0 radical (unpaired) electrons. The second-order valence-corrected chi connectivity index (χ2v) is 7.03. The van der Waals surface area contributed by atoms with Crippen LogP contribution in [0.5, 0.6) is 0 Å². The number of benzene rings is 1. The monoisotopic (exact) mass is 393 g/mol. The molecule has 1 atom stereocenters. The lowest BCUT2D eigenvalue weighted by atomic mass is 10.2. The molecule has 9 heteroatoms. The lowest BCUT2D eigenvalue weighted by Crippen LogP contribution is -2.47. The molecule has 9 nitrogen and oxygen atoms in total. The van der Waals surface area contributed by atoms with E-state index in [0.717, 1.165) is 23.5 Å². The molecule has 1 N–H and O–H groups in total. The third-order valence-corrected chi connectivity index (χ3v) is 5.01. The molecule has 2 amide bonds. The van der Waals surface area contributed by atoms with Crippen LogP contribution in [0.1, 0.15) is 35.2 Å². The average molecular weight is 393 g/mol. The number of rotatable bonds is 5. The van der Waals surface area contributed by atoms with Crippen LogP contribution in [0.15, 0.2) is 42.7 Å². The Kier molecular flexibility index (Phi) is 5.11. The van der Waals surface area contributed by atoms with Crippen LogP contribution in [0.25, 0.3) is 0 Å². The van der Waals surface area contributed by atoms with Crippen LogP contribution in [0, 0.1) is 0 Å². The average Bonchev–Trinajstić information content (AvgIpc) is 3.35. The molecule has 0 fully saturated rings. The number of amides is 2. The third-order valence-electron chi connectivity index (χ3n) is 5.01. The van der Waals surface area contributed by atoms with Crippen LogP contribution >= 0.6 is 0 Å². The van der Waals surface area contributed by atoms with Gasteiger partial charge in [-0.25, -0.2) is 14.3 Å². The van der Waals surface area contributed by atoms with Gasteiger partial charge in [0, 0.05) is 19.7 Å². The number of nitrogens with zero attached hydrogens (tertiary/aromatic N) is 6. The van der Waals surface area contributed by atoms with E-state index in [4.69, 9.17) is 0 Å². The fraction of sp³-hybridized carbons (Fsp3) is 0.350. The van der Waals surface area contributed by atoms with Crippen molar-refractivity contribution >= 4 is 17.6 Å². The number of fused-ring (bicyclic) bond motifs is 1. The molecule has 29 heavy (non-hydrogen) atoms. The van der Waals surface area contributed by atoms with Gasteiger partial charge in [0.2, 0.25) is 5.82 Å². The van der Waals surface area contributed by atoms with Crippen molar-refractivity contribution in [3.8, 4) is 0 Å². The van der Waals surface area contributed by atoms with Crippen molar-refractivity contribution in [2.75, 3.05) is 11.9 Å². The summed E-state index contributed by atoms with van der Waals surface area (Å²) in [6, 6.07) is 11.1. The van der Waals surface area contributed by atoms with E-state index in [2.05, 4.69) is 20.5 Å². The number of nitrogens with one attached hydrogen (secondary N) is 1. The van der Waals surface area contributed by atoms with Crippen LogP contribution < -0.4 is 10.2 Å². The molecule has 1 aromatic carbocycles. The van der Waals surface area contributed by atoms with E-state index < -0.39 is 11.9 Å². The Balaban J connectivity index is 1.43. The molecule has 3 heterocycles. The van der Waals surface area contributed by atoms with Gasteiger partial charge in [0.05, 0.1) is 12.2 Å². The Morgan fingerprint density at radius 3 is 2.79 bits per heavy atom. The van der Waals surface area contributed by atoms with Gasteiger partial charge in [-0.2, -0.15) is 5.10 Å². The molecule has 150 valence electrons. The lowest BCUT2D eigenvalue weighted by Gasteiger charge is -2.19. The summed E-state index contributed by atoms with van der Waals surface area (Å²) in [5.74, 6) is 0.154. The van der Waals surface area contributed by atoms with Gasteiger partial charge in [-0.05, 0) is 18.4 Å². The quantitative estimate of drug-likeness (QED) is 0.704. The van der Waals surface area contributed by atoms with Gasteiger partial charge >= 0.3 is 0 Å². The first-order valence-electron chi connectivity index (χ1n) is 9.63. The molecule has 0 saturated carbocycles. The van der Waals surface area contributed by atoms with Crippen LogP contribution in [0.3, 0.4) is 0 Å². The molecule has 1 aliphatic rings. The van der Waals surface area contributed by atoms with Gasteiger partial charge in [0.15, 0.2) is 0 Å². The van der Waals surface area contributed by atoms with Crippen molar-refractivity contribution in [1.29, 1.82) is 0 Å². The standard InChI is InChI=1S/C20H23N7O2/c1-3-15-11-17-25(2)20(29)16(9-10-27(17)23-15)22-19(28)18-21-13-26(24-18)12-14-7-5-4-6-8-14/h4-8,11,13,16H,3,9-10,12H2,1-2H3,(H,22,28). The minimum absolute atomic E-state index is 0.0478. The molecular formula is C20H23N7O2. The molecule has 0 bridgehead atoms. The fourth-order valence-corrected chi connectivity index (χ4v) is 3.39. The maximum absolute atomic E-state index is 12.8. The molecular weight excluding hydrogens is 370 g/mol. The topological polar surface area (TPSA) is 97.9 Å². The number of anilines is 1. The van der Waals surface area contributed by atoms with Gasteiger partial charge in [-0.1, -0.05) is 37.3 Å². The van der Waals surface area contributed by atoms with E-state index in [1.807, 2.05) is 48.0 Å². The van der Waals surface area contributed by atoms with Crippen molar-refractivity contribution in [3.63, 3.8) is 0 Å². The zero-order valence-electron chi connectivity index (χ0n) is 16.4. The summed E-state index contributed by atoms with van der Waals surface area (Å²) in [6.07, 6.45) is 2.78. The largest absolute Gasteiger partial charge is 0.337 e. The van der Waals surface area contributed by atoms with Gasteiger partial charge in [0.25, 0.3) is 11.8 Å². The minimum atomic E-state index is -0.652. The molecule has 0 saturated heterocycles. The summed E-state index contributed by atoms with van der Waals surface area (Å²) in [5, 5.41) is 11.5. The van der Waals surface area contributed by atoms with E-state index >= 15 is 0 Å². The Hall–Kier alpha value is -3.49. The molecule has 3 aromatic rings. The van der Waals surface area contributed by atoms with Crippen LogP contribution in [-0.4, -0.2) is 49.4 Å². The predicted molar refractivity (Wildman–Crippen MR) is 106 cm³/mol. The number of carbonyl (C=O) groups is 2. The molecule has 1 aliphatic heterocycles. The SMILES string of the molecule is CCc1cc2n(n1)CCC(NC(=O)c1ncn(Cc3ccccc3)n1)C(=O)N2C. The summed E-state index contributed by atoms with van der Waals surface area (Å²) in [6.45, 7) is 3.09. The second-order valence-electron chi connectivity index (χ2n) is 7.03. The van der Waals surface area contributed by atoms with Crippen molar-refractivity contribution in [2.45, 2.75) is 38.9 Å². The van der Waals surface area contributed by atoms with Crippen LogP contribution in [-0.2, 0) is 24.3 Å². The highest BCUT2D eigenvalue weighted by atomic mass is 16.2. The Bertz CT molecular complexity index is 1020. The van der Waals surface area contributed by atoms with Crippen molar-refractivity contribution in [2.24, 2.45) is 0 Å². The van der Waals surface area contributed by atoms with Crippen molar-refractivity contribution in [1.82, 2.24) is 29.9 Å². The molecule has 1 unspecified atom stereocenters. The summed E-state index contributed by atoms with van der Waals surface area (Å²) >= 11 is 0. The number of aromatic nitrogens is 5. The van der Waals surface area contributed by atoms with Crippen molar-refractivity contribution in [3.05, 3.63) is 59.8 Å². The normalized spacial score (nSPS) is 16.4. The highest BCUT2D eigenvalue weighted by Gasteiger charge is 2.31. The number of hydrogen-bond acceptors (Lipinski definition) is 5. The highest BCUT2D eigenvalue weighted by molar-refractivity contribution is 6.00. The van der Waals surface area contributed by atoms with E-state index in [1.165, 1.54) is 6.33 Å². The van der Waals surface area contributed by atoms with E-state index in [-0.39, 0.29) is 11.7 Å². The maximum atomic E-state index is 12.8. The fourth-order valence-electron chi connectivity index (χ4n) is 3.39. The number of likely N-dealkylation sites (N-methyl/N-ethyl adjacent to an activating group) is 1. The Morgan fingerprint density at radius 2 is 2.03 bits per heavy atom. The van der Waals surface area contributed by atoms with Crippen molar-refractivity contribution < 1.29 is 9.59 Å². The van der Waals surface area contributed by atoms with E-state index in [1.54, 1.807) is 16.6 Å². The Labute approximate surface area is 168 Å². The molecule has 0 aliphatic carbocycles. The van der Waals surface area contributed by atoms with Crippen LogP contribution in [0.4, 0.5) is 5.82 Å². The van der Waals surface area contributed by atoms with Gasteiger partial charge in [-0.3, -0.25) is 14.5 Å². The minimum Gasteiger partial charge on any atom is -0.337 e. The first-order chi connectivity index (χ1) is 14.0. The maximum Gasteiger partial charge on any atom is 0.291 e. The van der Waals surface area contributed by atoms with E-state index in [0.29, 0.717) is 19.5 Å². The van der Waals surface area contributed by atoms with E-state index in [9.17, 15) is 9.59 Å². The molecule has 0 spiro atoms. The van der Waals surface area contributed by atoms with Gasteiger partial charge in [0.1, 0.15) is 18.2 Å². The number of hydrogen-bond donors (Lipinski definition) is 1. The van der Waals surface area contributed by atoms with Crippen LogP contribution in [0.2, 0.25) is 0 Å². The zero-order chi connectivity index (χ0) is 20.4. The number of carbonyl (C=O) groups excluding carboxylic acids is 2. The zero-order valence-corrected chi connectivity index (χ0v) is 16.4. The first kappa shape index (κ1) is 18.9. The van der Waals surface area contributed by atoms with Gasteiger partial charge < -0.3 is 5.32 Å². The first-order valence-corrected chi connectivity index (χ1v) is 9.63. The molecule has 4 rings (SSSR count). The summed E-state index contributed by atoms with van der Waals surface area (Å²) in [4.78, 5) is 31.1. The summed E-state index contributed by atoms with van der Waals surface area (Å²) in [5.41, 5.74) is 2.00. The summed E-state index contributed by atoms with van der Waals surface area (Å²) in [7, 11) is 1.70. The highest BCUT2D eigenvalue weighted by Crippen LogP contribution is 2.21. The predicted octanol–water partition coefficient (Wildman–Crippen LogP) is 1.25. The summed E-state index contributed by atoms with van der Waals surface area (Å²) < 4.78 is 3.42.